The number of piperidine rings is 1. The minimum Gasteiger partial charge on any atom is -0.340 e. The summed E-state index contributed by atoms with van der Waals surface area (Å²) in [7, 11) is 0. The molecule has 37 heavy (non-hydrogen) atoms. The van der Waals surface area contributed by atoms with Crippen LogP contribution in [0.3, 0.4) is 0 Å². The van der Waals surface area contributed by atoms with E-state index in [-0.39, 0.29) is 29.4 Å². The third-order valence-electron chi connectivity index (χ3n) is 7.78. The number of hydrogen-bond donors (Lipinski definition) is 0. The minimum atomic E-state index is -0.249. The van der Waals surface area contributed by atoms with Gasteiger partial charge in [0, 0.05) is 52.4 Å². The van der Waals surface area contributed by atoms with Gasteiger partial charge in [-0.3, -0.25) is 14.6 Å². The van der Waals surface area contributed by atoms with Crippen LogP contribution >= 0.6 is 0 Å². The summed E-state index contributed by atoms with van der Waals surface area (Å²) < 4.78 is 27.4. The van der Waals surface area contributed by atoms with Crippen molar-refractivity contribution >= 4 is 5.91 Å². The van der Waals surface area contributed by atoms with Gasteiger partial charge in [-0.2, -0.15) is 0 Å². The summed E-state index contributed by atoms with van der Waals surface area (Å²) in [4.78, 5) is 20.5. The topological polar surface area (TPSA) is 26.8 Å². The summed E-state index contributed by atoms with van der Waals surface area (Å²) in [5, 5.41) is 0. The third-order valence-corrected chi connectivity index (χ3v) is 7.78. The first-order chi connectivity index (χ1) is 17.9. The summed E-state index contributed by atoms with van der Waals surface area (Å²) in [5.41, 5.74) is 4.03. The molecule has 0 aromatic heterocycles. The Balaban J connectivity index is 1.27. The van der Waals surface area contributed by atoms with E-state index in [2.05, 4.69) is 34.1 Å². The van der Waals surface area contributed by atoms with Crippen LogP contribution in [0.25, 0.3) is 0 Å². The Labute approximate surface area is 218 Å². The van der Waals surface area contributed by atoms with Crippen molar-refractivity contribution in [2.24, 2.45) is 5.92 Å². The molecule has 194 valence electrons. The molecule has 0 spiro atoms. The van der Waals surface area contributed by atoms with Crippen molar-refractivity contribution in [3.63, 3.8) is 0 Å². The fraction of sp³-hybridized carbons (Fsp3) is 0.387. The molecule has 2 aliphatic rings. The highest BCUT2D eigenvalue weighted by Gasteiger charge is 2.35. The van der Waals surface area contributed by atoms with Crippen LogP contribution in [0.1, 0.15) is 34.6 Å². The standard InChI is InChI=1S/C31H35F2N3O/c1-23-17-26(9-12-30(23)33)27-18-28(22-35(21-27)20-25-7-10-29(32)11-8-25)31(37)36-15-13-34(14-16-36)19-24-5-3-2-4-6-24/h2-12,17,27-28H,13-16,18-22H2,1H3. The molecular formula is C31H35F2N3O. The summed E-state index contributed by atoms with van der Waals surface area (Å²) in [5.74, 6) is -0.218. The number of likely N-dealkylation sites (tertiary alicyclic amines) is 1. The first-order valence-corrected chi connectivity index (χ1v) is 13.2. The summed E-state index contributed by atoms with van der Waals surface area (Å²) in [6.07, 6.45) is 0.758. The Kier molecular flexibility index (Phi) is 7.96. The van der Waals surface area contributed by atoms with Crippen molar-refractivity contribution in [1.29, 1.82) is 0 Å². The Morgan fingerprint density at radius 2 is 1.49 bits per heavy atom. The number of piperazine rings is 1. The van der Waals surface area contributed by atoms with Gasteiger partial charge in [0.15, 0.2) is 0 Å². The molecule has 2 aliphatic heterocycles. The van der Waals surface area contributed by atoms with Crippen molar-refractivity contribution in [3.05, 3.63) is 107 Å². The number of benzene rings is 3. The Morgan fingerprint density at radius 3 is 2.19 bits per heavy atom. The maximum Gasteiger partial charge on any atom is 0.227 e. The molecule has 1 amide bonds. The van der Waals surface area contributed by atoms with Crippen LogP contribution in [-0.4, -0.2) is 59.9 Å². The average Bonchev–Trinajstić information content (AvgIpc) is 2.92. The van der Waals surface area contributed by atoms with Crippen molar-refractivity contribution in [2.75, 3.05) is 39.3 Å². The van der Waals surface area contributed by atoms with Crippen LogP contribution in [0.5, 0.6) is 0 Å². The molecule has 2 saturated heterocycles. The predicted octanol–water partition coefficient (Wildman–Crippen LogP) is 5.22. The van der Waals surface area contributed by atoms with Gasteiger partial charge in [-0.25, -0.2) is 8.78 Å². The number of carbonyl (C=O) groups excluding carboxylic acids is 1. The molecule has 5 rings (SSSR count). The van der Waals surface area contributed by atoms with Crippen LogP contribution in [0.4, 0.5) is 8.78 Å². The predicted molar refractivity (Wildman–Crippen MR) is 142 cm³/mol. The zero-order valence-electron chi connectivity index (χ0n) is 21.5. The smallest absolute Gasteiger partial charge is 0.227 e. The van der Waals surface area contributed by atoms with E-state index in [1.54, 1.807) is 6.92 Å². The third kappa shape index (κ3) is 6.43. The van der Waals surface area contributed by atoms with Gasteiger partial charge in [0.2, 0.25) is 5.91 Å². The van der Waals surface area contributed by atoms with E-state index in [9.17, 15) is 13.6 Å². The molecule has 0 radical (unpaired) electrons. The van der Waals surface area contributed by atoms with Crippen LogP contribution in [0.2, 0.25) is 0 Å². The second-order valence-corrected chi connectivity index (χ2v) is 10.5. The molecular weight excluding hydrogens is 468 g/mol. The SMILES string of the molecule is Cc1cc(C2CC(C(=O)N3CCN(Cc4ccccc4)CC3)CN(Cc3ccc(F)cc3)C2)ccc1F. The number of carbonyl (C=O) groups is 1. The summed E-state index contributed by atoms with van der Waals surface area (Å²) >= 11 is 0. The molecule has 6 heteroatoms. The van der Waals surface area contributed by atoms with Crippen molar-refractivity contribution < 1.29 is 13.6 Å². The second kappa shape index (κ2) is 11.5. The fourth-order valence-corrected chi connectivity index (χ4v) is 5.74. The molecule has 0 saturated carbocycles. The monoisotopic (exact) mass is 503 g/mol. The van der Waals surface area contributed by atoms with Crippen LogP contribution in [0, 0.1) is 24.5 Å². The van der Waals surface area contributed by atoms with Crippen LogP contribution < -0.4 is 0 Å². The van der Waals surface area contributed by atoms with Crippen molar-refractivity contribution in [1.82, 2.24) is 14.7 Å². The number of aryl methyl sites for hydroxylation is 1. The number of rotatable bonds is 6. The maximum absolute atomic E-state index is 14.0. The molecule has 0 aliphatic carbocycles. The zero-order chi connectivity index (χ0) is 25.8. The number of hydrogen-bond acceptors (Lipinski definition) is 3. The number of nitrogens with zero attached hydrogens (tertiary/aromatic N) is 3. The average molecular weight is 504 g/mol. The first-order valence-electron chi connectivity index (χ1n) is 13.2. The fourth-order valence-electron chi connectivity index (χ4n) is 5.74. The molecule has 2 heterocycles. The van der Waals surface area contributed by atoms with Gasteiger partial charge in [0.1, 0.15) is 11.6 Å². The Morgan fingerprint density at radius 1 is 0.811 bits per heavy atom. The van der Waals surface area contributed by atoms with Gasteiger partial charge in [-0.15, -0.1) is 0 Å². The molecule has 4 nitrogen and oxygen atoms in total. The Bertz CT molecular complexity index is 1190. The highest BCUT2D eigenvalue weighted by atomic mass is 19.1. The van der Waals surface area contributed by atoms with Gasteiger partial charge in [-0.05, 0) is 59.7 Å². The van der Waals surface area contributed by atoms with Gasteiger partial charge in [0.05, 0.1) is 5.92 Å². The van der Waals surface area contributed by atoms with E-state index in [0.717, 1.165) is 56.8 Å². The zero-order valence-corrected chi connectivity index (χ0v) is 21.5. The molecule has 2 atom stereocenters. The van der Waals surface area contributed by atoms with E-state index in [0.29, 0.717) is 18.7 Å². The molecule has 2 unspecified atom stereocenters. The van der Waals surface area contributed by atoms with Gasteiger partial charge in [0.25, 0.3) is 0 Å². The van der Waals surface area contributed by atoms with Gasteiger partial charge < -0.3 is 4.90 Å². The molecule has 0 bridgehead atoms. The molecule has 0 N–H and O–H groups in total. The largest absolute Gasteiger partial charge is 0.340 e. The molecule has 3 aromatic rings. The van der Waals surface area contributed by atoms with Crippen LogP contribution in [0.15, 0.2) is 72.8 Å². The van der Waals surface area contributed by atoms with Crippen molar-refractivity contribution in [2.45, 2.75) is 32.4 Å². The Hall–Kier alpha value is -3.09. The summed E-state index contributed by atoms with van der Waals surface area (Å²) in [6.45, 7) is 8.03. The number of amides is 1. The van der Waals surface area contributed by atoms with Crippen molar-refractivity contribution in [3.8, 4) is 0 Å². The lowest BCUT2D eigenvalue weighted by molar-refractivity contribution is -0.139. The normalized spacial score (nSPS) is 21.2. The van der Waals surface area contributed by atoms with E-state index < -0.39 is 0 Å². The van der Waals surface area contributed by atoms with E-state index in [4.69, 9.17) is 0 Å². The maximum atomic E-state index is 14.0. The number of halogens is 2. The second-order valence-electron chi connectivity index (χ2n) is 10.5. The highest BCUT2D eigenvalue weighted by molar-refractivity contribution is 5.79. The quantitative estimate of drug-likeness (QED) is 0.461. The van der Waals surface area contributed by atoms with E-state index >= 15 is 0 Å². The van der Waals surface area contributed by atoms with Gasteiger partial charge >= 0.3 is 0 Å². The van der Waals surface area contributed by atoms with Crippen LogP contribution in [-0.2, 0) is 17.9 Å². The van der Waals surface area contributed by atoms with E-state index in [1.807, 2.05) is 35.2 Å². The van der Waals surface area contributed by atoms with Gasteiger partial charge in [-0.1, -0.05) is 54.6 Å². The minimum absolute atomic E-state index is 0.120. The first kappa shape index (κ1) is 25.6. The lowest BCUT2D eigenvalue weighted by Crippen LogP contribution is -2.53. The highest BCUT2D eigenvalue weighted by Crippen LogP contribution is 2.33. The lowest BCUT2D eigenvalue weighted by atomic mass is 9.83. The summed E-state index contributed by atoms with van der Waals surface area (Å²) in [6, 6.07) is 22.4. The van der Waals surface area contributed by atoms with E-state index in [1.165, 1.54) is 23.8 Å². The lowest BCUT2D eigenvalue weighted by Gasteiger charge is -2.41. The molecule has 2 fully saturated rings. The molecule has 3 aromatic carbocycles.